The monoisotopic (exact) mass is 222 g/mol. The summed E-state index contributed by atoms with van der Waals surface area (Å²) in [6, 6.07) is 1.54. The van der Waals surface area contributed by atoms with Crippen LogP contribution in [0.1, 0.15) is 38.5 Å². The maximum absolute atomic E-state index is 3.83. The molecule has 1 aliphatic heterocycles. The van der Waals surface area contributed by atoms with Crippen molar-refractivity contribution in [1.82, 2.24) is 10.2 Å². The second-order valence-corrected chi connectivity index (χ2v) is 5.49. The molecule has 16 heavy (non-hydrogen) atoms. The van der Waals surface area contributed by atoms with Crippen LogP contribution in [0.4, 0.5) is 0 Å². The molecule has 2 fully saturated rings. The van der Waals surface area contributed by atoms with Gasteiger partial charge in [-0.3, -0.25) is 0 Å². The highest BCUT2D eigenvalue weighted by Gasteiger charge is 2.31. The molecular weight excluding hydrogens is 196 g/mol. The van der Waals surface area contributed by atoms with Crippen molar-refractivity contribution in [2.24, 2.45) is 5.92 Å². The van der Waals surface area contributed by atoms with Crippen molar-refractivity contribution in [3.8, 4) is 0 Å². The molecule has 0 amide bonds. The lowest BCUT2D eigenvalue weighted by Crippen LogP contribution is -2.41. The zero-order valence-electron chi connectivity index (χ0n) is 10.6. The number of nitrogens with zero attached hydrogens (tertiary/aromatic N) is 1. The van der Waals surface area contributed by atoms with Crippen LogP contribution in [0.15, 0.2) is 12.7 Å². The largest absolute Gasteiger partial charge is 0.312 e. The van der Waals surface area contributed by atoms with Crippen LogP contribution in [0.25, 0.3) is 0 Å². The lowest BCUT2D eigenvalue weighted by Gasteiger charge is -2.24. The lowest BCUT2D eigenvalue weighted by atomic mass is 10.1. The van der Waals surface area contributed by atoms with E-state index in [4.69, 9.17) is 0 Å². The van der Waals surface area contributed by atoms with E-state index in [1.807, 2.05) is 0 Å². The zero-order valence-corrected chi connectivity index (χ0v) is 10.6. The third kappa shape index (κ3) is 3.33. The van der Waals surface area contributed by atoms with E-state index in [0.717, 1.165) is 24.4 Å². The van der Waals surface area contributed by atoms with Crippen molar-refractivity contribution in [3.05, 3.63) is 12.7 Å². The van der Waals surface area contributed by atoms with Crippen LogP contribution in [0.2, 0.25) is 0 Å². The van der Waals surface area contributed by atoms with E-state index in [1.165, 1.54) is 45.2 Å². The fraction of sp³-hybridized carbons (Fsp3) is 0.857. The summed E-state index contributed by atoms with van der Waals surface area (Å²) >= 11 is 0. The summed E-state index contributed by atoms with van der Waals surface area (Å²) in [6.45, 7) is 6.30. The van der Waals surface area contributed by atoms with Crippen LogP contribution < -0.4 is 5.32 Å². The molecule has 0 spiro atoms. The van der Waals surface area contributed by atoms with Crippen molar-refractivity contribution in [2.45, 2.75) is 50.6 Å². The van der Waals surface area contributed by atoms with E-state index in [1.54, 1.807) is 0 Å². The Kier molecular flexibility index (Phi) is 4.42. The van der Waals surface area contributed by atoms with Crippen molar-refractivity contribution >= 4 is 0 Å². The molecule has 2 rings (SSSR count). The molecule has 0 radical (unpaired) electrons. The van der Waals surface area contributed by atoms with Crippen molar-refractivity contribution in [1.29, 1.82) is 0 Å². The molecule has 1 saturated heterocycles. The van der Waals surface area contributed by atoms with E-state index >= 15 is 0 Å². The molecule has 0 aromatic heterocycles. The molecule has 2 heteroatoms. The number of likely N-dealkylation sites (N-methyl/N-ethyl adjacent to an activating group) is 1. The SMILES string of the molecule is C=CCCC(NCC1CCCN1C)C1CC1. The van der Waals surface area contributed by atoms with Crippen LogP contribution in [0, 0.1) is 5.92 Å². The highest BCUT2D eigenvalue weighted by Crippen LogP contribution is 2.34. The van der Waals surface area contributed by atoms with Gasteiger partial charge < -0.3 is 10.2 Å². The molecule has 1 saturated carbocycles. The number of allylic oxidation sites excluding steroid dienone is 1. The first-order chi connectivity index (χ1) is 7.81. The minimum Gasteiger partial charge on any atom is -0.312 e. The first-order valence-electron chi connectivity index (χ1n) is 6.85. The van der Waals surface area contributed by atoms with Gasteiger partial charge in [0.05, 0.1) is 0 Å². The zero-order chi connectivity index (χ0) is 11.4. The summed E-state index contributed by atoms with van der Waals surface area (Å²) in [7, 11) is 2.26. The topological polar surface area (TPSA) is 15.3 Å². The fourth-order valence-corrected chi connectivity index (χ4v) is 2.83. The summed E-state index contributed by atoms with van der Waals surface area (Å²) in [5.41, 5.74) is 0. The van der Waals surface area contributed by atoms with Crippen LogP contribution >= 0.6 is 0 Å². The molecule has 0 bridgehead atoms. The Labute approximate surface area is 100 Å². The quantitative estimate of drug-likeness (QED) is 0.666. The Morgan fingerprint density at radius 2 is 2.25 bits per heavy atom. The molecule has 1 heterocycles. The minimum atomic E-state index is 0.756. The Bertz CT molecular complexity index is 223. The van der Waals surface area contributed by atoms with E-state index < -0.39 is 0 Å². The Morgan fingerprint density at radius 1 is 1.44 bits per heavy atom. The van der Waals surface area contributed by atoms with Gasteiger partial charge >= 0.3 is 0 Å². The highest BCUT2D eigenvalue weighted by molar-refractivity contribution is 4.89. The second-order valence-electron chi connectivity index (χ2n) is 5.49. The fourth-order valence-electron chi connectivity index (χ4n) is 2.83. The third-order valence-electron chi connectivity index (χ3n) is 4.16. The Balaban J connectivity index is 1.70. The van der Waals surface area contributed by atoms with Gasteiger partial charge in [0.15, 0.2) is 0 Å². The van der Waals surface area contributed by atoms with E-state index in [0.29, 0.717) is 0 Å². The van der Waals surface area contributed by atoms with Crippen LogP contribution in [-0.4, -0.2) is 37.1 Å². The van der Waals surface area contributed by atoms with Crippen molar-refractivity contribution < 1.29 is 0 Å². The summed E-state index contributed by atoms with van der Waals surface area (Å²) in [5, 5.41) is 3.80. The molecule has 2 unspecified atom stereocenters. The van der Waals surface area contributed by atoms with Gasteiger partial charge in [0.1, 0.15) is 0 Å². The Morgan fingerprint density at radius 3 is 2.81 bits per heavy atom. The van der Waals surface area contributed by atoms with Gasteiger partial charge in [-0.1, -0.05) is 6.08 Å². The maximum Gasteiger partial charge on any atom is 0.0218 e. The minimum absolute atomic E-state index is 0.756. The number of nitrogens with one attached hydrogen (secondary N) is 1. The smallest absolute Gasteiger partial charge is 0.0218 e. The summed E-state index contributed by atoms with van der Waals surface area (Å²) in [6.07, 6.45) is 10.1. The van der Waals surface area contributed by atoms with Crippen LogP contribution in [0.3, 0.4) is 0 Å². The molecule has 2 atom stereocenters. The average Bonchev–Trinajstić information content (AvgIpc) is 3.04. The summed E-state index contributed by atoms with van der Waals surface area (Å²) in [5.74, 6) is 0.964. The molecule has 1 aliphatic carbocycles. The first kappa shape index (κ1) is 12.1. The van der Waals surface area contributed by atoms with Gasteiger partial charge in [0.25, 0.3) is 0 Å². The number of likely N-dealkylation sites (tertiary alicyclic amines) is 1. The normalized spacial score (nSPS) is 28.2. The van der Waals surface area contributed by atoms with E-state index in [9.17, 15) is 0 Å². The molecule has 0 aromatic carbocycles. The van der Waals surface area contributed by atoms with E-state index in [2.05, 4.69) is 29.9 Å². The summed E-state index contributed by atoms with van der Waals surface area (Å²) < 4.78 is 0. The number of rotatable bonds is 7. The molecule has 92 valence electrons. The summed E-state index contributed by atoms with van der Waals surface area (Å²) in [4.78, 5) is 2.50. The van der Waals surface area contributed by atoms with Gasteiger partial charge in [-0.15, -0.1) is 6.58 Å². The first-order valence-corrected chi connectivity index (χ1v) is 6.85. The van der Waals surface area contributed by atoms with Gasteiger partial charge in [-0.2, -0.15) is 0 Å². The molecular formula is C14H26N2. The highest BCUT2D eigenvalue weighted by atomic mass is 15.2. The van der Waals surface area contributed by atoms with Crippen molar-refractivity contribution in [2.75, 3.05) is 20.1 Å². The maximum atomic E-state index is 3.83. The number of hydrogen-bond acceptors (Lipinski definition) is 2. The molecule has 0 aromatic rings. The van der Waals surface area contributed by atoms with E-state index in [-0.39, 0.29) is 0 Å². The lowest BCUT2D eigenvalue weighted by molar-refractivity contribution is 0.283. The standard InChI is InChI=1S/C14H26N2/c1-3-4-7-14(12-8-9-12)15-11-13-6-5-10-16(13)2/h3,12-15H,1,4-11H2,2H3. The Hall–Kier alpha value is -0.340. The predicted octanol–water partition coefficient (Wildman–Crippen LogP) is 2.42. The second kappa shape index (κ2) is 5.83. The van der Waals surface area contributed by atoms with Crippen molar-refractivity contribution in [3.63, 3.8) is 0 Å². The van der Waals surface area contributed by atoms with Crippen LogP contribution in [0.5, 0.6) is 0 Å². The molecule has 2 aliphatic rings. The average molecular weight is 222 g/mol. The van der Waals surface area contributed by atoms with Gasteiger partial charge in [0.2, 0.25) is 0 Å². The molecule has 2 nitrogen and oxygen atoms in total. The van der Waals surface area contributed by atoms with Gasteiger partial charge in [-0.05, 0) is 58.0 Å². The number of hydrogen-bond donors (Lipinski definition) is 1. The predicted molar refractivity (Wildman–Crippen MR) is 69.6 cm³/mol. The van der Waals surface area contributed by atoms with Gasteiger partial charge in [-0.25, -0.2) is 0 Å². The molecule has 1 N–H and O–H groups in total. The third-order valence-corrected chi connectivity index (χ3v) is 4.16. The van der Waals surface area contributed by atoms with Crippen LogP contribution in [-0.2, 0) is 0 Å². The van der Waals surface area contributed by atoms with Gasteiger partial charge in [0, 0.05) is 18.6 Å².